The maximum atomic E-state index is 12.4. The molecule has 0 aliphatic carbocycles. The van der Waals surface area contributed by atoms with E-state index in [1.54, 1.807) is 12.1 Å². The highest BCUT2D eigenvalue weighted by Crippen LogP contribution is 2.40. The highest BCUT2D eigenvalue weighted by Gasteiger charge is 2.45. The Hall–Kier alpha value is -2.65. The summed E-state index contributed by atoms with van der Waals surface area (Å²) in [4.78, 5) is 12.4. The molecule has 10 N–H and O–H groups in total. The summed E-state index contributed by atoms with van der Waals surface area (Å²) in [5.74, 6) is -1.79. The van der Waals surface area contributed by atoms with Crippen LogP contribution in [0.25, 0.3) is 0 Å². The second kappa shape index (κ2) is 8.15. The molecule has 0 bridgehead atoms. The van der Waals surface area contributed by atoms with Crippen LogP contribution in [0.3, 0.4) is 0 Å². The van der Waals surface area contributed by atoms with Crippen LogP contribution in [0, 0.1) is 0 Å². The molecule has 0 fully saturated rings. The Balaban J connectivity index is 2.76. The molecule has 26 heavy (non-hydrogen) atoms. The predicted octanol–water partition coefficient (Wildman–Crippen LogP) is -0.108. The van der Waals surface area contributed by atoms with Crippen LogP contribution >= 0.6 is 0 Å². The van der Waals surface area contributed by atoms with E-state index in [2.05, 4.69) is 5.32 Å². The second-order valence-corrected chi connectivity index (χ2v) is 5.88. The van der Waals surface area contributed by atoms with E-state index < -0.39 is 11.5 Å². The van der Waals surface area contributed by atoms with Crippen molar-refractivity contribution < 1.29 is 20.1 Å². The molecule has 8 heteroatoms. The lowest BCUT2D eigenvalue weighted by Gasteiger charge is -2.33. The molecule has 0 saturated heterocycles. The Kier molecular flexibility index (Phi) is 6.17. The quantitative estimate of drug-likeness (QED) is 0.342. The smallest absolute Gasteiger partial charge is 0.333 e. The van der Waals surface area contributed by atoms with Crippen LogP contribution in [-0.4, -0.2) is 34.4 Å². The molecule has 2 aromatic carbocycles. The van der Waals surface area contributed by atoms with Crippen molar-refractivity contribution >= 4 is 5.97 Å². The Morgan fingerprint density at radius 1 is 0.923 bits per heavy atom. The van der Waals surface area contributed by atoms with E-state index in [1.807, 2.05) is 0 Å². The van der Waals surface area contributed by atoms with Crippen molar-refractivity contribution in [2.45, 2.75) is 18.6 Å². The lowest BCUT2D eigenvalue weighted by atomic mass is 9.80. The first kappa shape index (κ1) is 19.7. The number of nitrogens with two attached hydrogens (primary N) is 3. The topological polar surface area (TPSA) is 168 Å². The molecule has 0 saturated carbocycles. The van der Waals surface area contributed by atoms with Gasteiger partial charge in [0.05, 0.1) is 0 Å². The largest absolute Gasteiger partial charge is 0.508 e. The SMILES string of the molecule is NCCNC(C(=O)O)(c1ccc(CN)cc1O)c1ccc(CN)cc1O. The van der Waals surface area contributed by atoms with Crippen molar-refractivity contribution in [2.75, 3.05) is 13.1 Å². The minimum atomic E-state index is -1.90. The van der Waals surface area contributed by atoms with Crippen molar-refractivity contribution in [2.24, 2.45) is 17.2 Å². The Morgan fingerprint density at radius 2 is 1.38 bits per heavy atom. The molecule has 0 unspecified atom stereocenters. The molecule has 8 nitrogen and oxygen atoms in total. The number of carboxylic acid groups (broad SMARTS) is 1. The molecule has 0 heterocycles. The van der Waals surface area contributed by atoms with Crippen LogP contribution in [0.1, 0.15) is 22.3 Å². The summed E-state index contributed by atoms with van der Waals surface area (Å²) in [6, 6.07) is 9.02. The van der Waals surface area contributed by atoms with Crippen LogP contribution in [0.4, 0.5) is 0 Å². The van der Waals surface area contributed by atoms with Crippen LogP contribution in [0.5, 0.6) is 11.5 Å². The van der Waals surface area contributed by atoms with Gasteiger partial charge in [-0.2, -0.15) is 0 Å². The summed E-state index contributed by atoms with van der Waals surface area (Å²) in [7, 11) is 0. The summed E-state index contributed by atoms with van der Waals surface area (Å²) >= 11 is 0. The van der Waals surface area contributed by atoms with Gasteiger partial charge in [0, 0.05) is 37.3 Å². The van der Waals surface area contributed by atoms with Gasteiger partial charge in [0.1, 0.15) is 11.5 Å². The van der Waals surface area contributed by atoms with E-state index in [9.17, 15) is 20.1 Å². The van der Waals surface area contributed by atoms with Crippen molar-refractivity contribution in [3.8, 4) is 11.5 Å². The molecule has 0 atom stereocenters. The number of benzene rings is 2. The van der Waals surface area contributed by atoms with Gasteiger partial charge in [0.15, 0.2) is 5.54 Å². The fraction of sp³-hybridized carbons (Fsp3) is 0.278. The number of carbonyl (C=O) groups is 1. The van der Waals surface area contributed by atoms with E-state index in [4.69, 9.17) is 17.2 Å². The van der Waals surface area contributed by atoms with Gasteiger partial charge in [-0.25, -0.2) is 4.79 Å². The standard InChI is InChI=1S/C18H24N4O4/c19-5-6-22-18(17(25)26,13-3-1-11(9-20)7-15(13)23)14-4-2-12(10-21)8-16(14)24/h1-4,7-8,22-24H,5-6,9-10,19-21H2,(H,25,26). The van der Waals surface area contributed by atoms with E-state index in [1.165, 1.54) is 24.3 Å². The molecule has 0 radical (unpaired) electrons. The molecule has 0 aliphatic rings. The molecule has 0 amide bonds. The number of nitrogens with one attached hydrogen (secondary N) is 1. The van der Waals surface area contributed by atoms with Crippen molar-refractivity contribution in [3.05, 3.63) is 58.7 Å². The van der Waals surface area contributed by atoms with E-state index >= 15 is 0 Å². The predicted molar refractivity (Wildman–Crippen MR) is 97.5 cm³/mol. The Bertz CT molecular complexity index is 741. The zero-order valence-corrected chi connectivity index (χ0v) is 14.3. The average molecular weight is 360 g/mol. The van der Waals surface area contributed by atoms with E-state index in [-0.39, 0.29) is 48.8 Å². The Morgan fingerprint density at radius 3 is 1.69 bits per heavy atom. The maximum Gasteiger partial charge on any atom is 0.333 e. The lowest BCUT2D eigenvalue weighted by molar-refractivity contribution is -0.143. The van der Waals surface area contributed by atoms with Gasteiger partial charge in [-0.1, -0.05) is 24.3 Å². The number of aromatic hydroxyl groups is 2. The summed E-state index contributed by atoms with van der Waals surface area (Å²) < 4.78 is 0. The summed E-state index contributed by atoms with van der Waals surface area (Å²) in [5, 5.41) is 33.9. The van der Waals surface area contributed by atoms with Crippen molar-refractivity contribution in [1.29, 1.82) is 0 Å². The Labute approximate surface area is 151 Å². The van der Waals surface area contributed by atoms with Crippen LogP contribution < -0.4 is 22.5 Å². The van der Waals surface area contributed by atoms with Gasteiger partial charge in [-0.05, 0) is 23.3 Å². The molecular weight excluding hydrogens is 336 g/mol. The molecular formula is C18H24N4O4. The third kappa shape index (κ3) is 3.49. The van der Waals surface area contributed by atoms with Gasteiger partial charge in [0.25, 0.3) is 0 Å². The van der Waals surface area contributed by atoms with Gasteiger partial charge in [0.2, 0.25) is 0 Å². The fourth-order valence-electron chi connectivity index (χ4n) is 2.94. The summed E-state index contributed by atoms with van der Waals surface area (Å²) in [5.41, 5.74) is 16.2. The summed E-state index contributed by atoms with van der Waals surface area (Å²) in [6.07, 6.45) is 0. The van der Waals surface area contributed by atoms with Gasteiger partial charge in [-0.3, -0.25) is 5.32 Å². The first-order chi connectivity index (χ1) is 12.4. The third-order valence-electron chi connectivity index (χ3n) is 4.26. The number of rotatable bonds is 8. The highest BCUT2D eigenvalue weighted by molar-refractivity contribution is 5.87. The highest BCUT2D eigenvalue weighted by atomic mass is 16.4. The molecule has 2 aromatic rings. The van der Waals surface area contributed by atoms with Crippen molar-refractivity contribution in [1.82, 2.24) is 5.32 Å². The number of hydrogen-bond acceptors (Lipinski definition) is 7. The van der Waals surface area contributed by atoms with Crippen LogP contribution in [-0.2, 0) is 23.4 Å². The van der Waals surface area contributed by atoms with E-state index in [0.717, 1.165) is 0 Å². The fourth-order valence-corrected chi connectivity index (χ4v) is 2.94. The maximum absolute atomic E-state index is 12.4. The number of hydrogen-bond donors (Lipinski definition) is 7. The number of aliphatic carboxylic acids is 1. The van der Waals surface area contributed by atoms with E-state index in [0.29, 0.717) is 11.1 Å². The minimum Gasteiger partial charge on any atom is -0.508 e. The minimum absolute atomic E-state index is 0.0754. The molecule has 2 rings (SSSR count). The monoisotopic (exact) mass is 360 g/mol. The second-order valence-electron chi connectivity index (χ2n) is 5.88. The first-order valence-electron chi connectivity index (χ1n) is 8.14. The van der Waals surface area contributed by atoms with Crippen LogP contribution in [0.2, 0.25) is 0 Å². The lowest BCUT2D eigenvalue weighted by Crippen LogP contribution is -2.51. The first-order valence-corrected chi connectivity index (χ1v) is 8.14. The normalized spacial score (nSPS) is 11.5. The van der Waals surface area contributed by atoms with Crippen molar-refractivity contribution in [3.63, 3.8) is 0 Å². The molecule has 0 spiro atoms. The van der Waals surface area contributed by atoms with Gasteiger partial charge >= 0.3 is 5.97 Å². The van der Waals surface area contributed by atoms with Gasteiger partial charge in [-0.15, -0.1) is 0 Å². The molecule has 0 aliphatic heterocycles. The summed E-state index contributed by atoms with van der Waals surface area (Å²) in [6.45, 7) is 0.696. The zero-order valence-electron chi connectivity index (χ0n) is 14.3. The molecule has 0 aromatic heterocycles. The number of phenolic OH excluding ortho intramolecular Hbond substituents is 2. The third-order valence-corrected chi connectivity index (χ3v) is 4.26. The van der Waals surface area contributed by atoms with Gasteiger partial charge < -0.3 is 32.5 Å². The number of carboxylic acids is 1. The zero-order chi connectivity index (χ0) is 19.3. The average Bonchev–Trinajstić information content (AvgIpc) is 2.63. The molecule has 140 valence electrons. The van der Waals surface area contributed by atoms with Crippen LogP contribution in [0.15, 0.2) is 36.4 Å². The number of phenols is 2.